The summed E-state index contributed by atoms with van der Waals surface area (Å²) in [5.41, 5.74) is 1.35. The van der Waals surface area contributed by atoms with E-state index >= 15 is 0 Å². The molecule has 1 aromatic carbocycles. The molecule has 2 aliphatic heterocycles. The lowest BCUT2D eigenvalue weighted by molar-refractivity contribution is 0.0681. The molecule has 1 aromatic rings. The van der Waals surface area contributed by atoms with Gasteiger partial charge in [0.1, 0.15) is 0 Å². The summed E-state index contributed by atoms with van der Waals surface area (Å²) in [4.78, 5) is 26.2. The van der Waals surface area contributed by atoms with Crippen molar-refractivity contribution in [2.75, 3.05) is 7.05 Å². The first-order chi connectivity index (χ1) is 10.6. The average Bonchev–Trinajstić information content (AvgIpc) is 2.90. The second kappa shape index (κ2) is 7.45. The Morgan fingerprint density at radius 3 is 2.13 bits per heavy atom. The molecule has 0 aromatic heterocycles. The Bertz CT molecular complexity index is 561. The van der Waals surface area contributed by atoms with Crippen LogP contribution in [-0.4, -0.2) is 41.8 Å². The third-order valence-corrected chi connectivity index (χ3v) is 5.09. The summed E-state index contributed by atoms with van der Waals surface area (Å²) in [7, 11) is 1.91. The van der Waals surface area contributed by atoms with E-state index in [4.69, 9.17) is 0 Å². The summed E-state index contributed by atoms with van der Waals surface area (Å²) in [6.45, 7) is 1.85. The zero-order chi connectivity index (χ0) is 15.7. The maximum absolute atomic E-state index is 12.6. The van der Waals surface area contributed by atoms with E-state index in [2.05, 4.69) is 5.32 Å². The maximum atomic E-state index is 12.6. The molecule has 2 aliphatic rings. The van der Waals surface area contributed by atoms with Crippen molar-refractivity contribution in [3.8, 4) is 0 Å². The van der Waals surface area contributed by atoms with Gasteiger partial charge in [-0.3, -0.25) is 9.59 Å². The van der Waals surface area contributed by atoms with Gasteiger partial charge in [0.05, 0.1) is 0 Å². The van der Waals surface area contributed by atoms with Crippen molar-refractivity contribution in [3.63, 3.8) is 0 Å². The normalized spacial score (nSPS) is 25.6. The molecule has 2 heterocycles. The number of piperidine rings is 1. The van der Waals surface area contributed by atoms with Gasteiger partial charge in [-0.15, -0.1) is 12.4 Å². The van der Waals surface area contributed by atoms with Crippen molar-refractivity contribution in [3.05, 3.63) is 35.4 Å². The molecule has 4 nitrogen and oxygen atoms in total. The first kappa shape index (κ1) is 18.0. The Labute approximate surface area is 144 Å². The molecule has 2 unspecified atom stereocenters. The fourth-order valence-corrected chi connectivity index (χ4v) is 3.72. The topological polar surface area (TPSA) is 49.4 Å². The van der Waals surface area contributed by atoms with Gasteiger partial charge in [-0.25, -0.2) is 0 Å². The van der Waals surface area contributed by atoms with Crippen LogP contribution in [0.3, 0.4) is 0 Å². The standard InChI is InChI=1S/C18H24N2O2.ClH/c1-3-17(21)12-4-6-13(7-5-12)18(22)20(2)16-10-14-8-9-15(11-16)19-14;/h4-7,14-16,19H,3,8-11H2,1-2H3;1H. The van der Waals surface area contributed by atoms with Crippen molar-refractivity contribution < 1.29 is 9.59 Å². The van der Waals surface area contributed by atoms with Crippen LogP contribution in [0.2, 0.25) is 0 Å². The first-order valence-electron chi connectivity index (χ1n) is 8.25. The fourth-order valence-electron chi connectivity index (χ4n) is 3.72. The van der Waals surface area contributed by atoms with Crippen molar-refractivity contribution in [2.45, 2.75) is 57.2 Å². The number of ketones is 1. The summed E-state index contributed by atoms with van der Waals surface area (Å²) in [5.74, 6) is 0.170. The Balaban J connectivity index is 0.00000192. The predicted molar refractivity (Wildman–Crippen MR) is 93.4 cm³/mol. The molecule has 126 valence electrons. The lowest BCUT2D eigenvalue weighted by atomic mass is 9.97. The highest BCUT2D eigenvalue weighted by Gasteiger charge is 2.36. The molecule has 1 N–H and O–H groups in total. The number of hydrogen-bond acceptors (Lipinski definition) is 3. The molecule has 2 saturated heterocycles. The molecule has 0 saturated carbocycles. The van der Waals surface area contributed by atoms with Crippen LogP contribution in [0.5, 0.6) is 0 Å². The van der Waals surface area contributed by atoms with E-state index in [1.807, 2.05) is 18.9 Å². The third kappa shape index (κ3) is 3.75. The van der Waals surface area contributed by atoms with Crippen LogP contribution in [0.4, 0.5) is 0 Å². The molecule has 2 atom stereocenters. The number of carbonyl (C=O) groups is 2. The molecule has 1 amide bonds. The van der Waals surface area contributed by atoms with Crippen molar-refractivity contribution in [2.24, 2.45) is 0 Å². The van der Waals surface area contributed by atoms with Crippen LogP contribution in [0.15, 0.2) is 24.3 Å². The van der Waals surface area contributed by atoms with E-state index in [-0.39, 0.29) is 24.1 Å². The first-order valence-corrected chi connectivity index (χ1v) is 8.25. The molecule has 0 aliphatic carbocycles. The van der Waals surface area contributed by atoms with Crippen LogP contribution in [0, 0.1) is 0 Å². The van der Waals surface area contributed by atoms with E-state index in [9.17, 15) is 9.59 Å². The second-order valence-corrected chi connectivity index (χ2v) is 6.53. The minimum absolute atomic E-state index is 0. The highest BCUT2D eigenvalue weighted by molar-refractivity contribution is 5.98. The number of fused-ring (bicyclic) bond motifs is 2. The van der Waals surface area contributed by atoms with Gasteiger partial charge >= 0.3 is 0 Å². The van der Waals surface area contributed by atoms with E-state index in [0.29, 0.717) is 35.7 Å². The zero-order valence-corrected chi connectivity index (χ0v) is 14.6. The van der Waals surface area contributed by atoms with Gasteiger partial charge in [0, 0.05) is 42.7 Å². The SMILES string of the molecule is CCC(=O)c1ccc(C(=O)N(C)C2CC3CCC(C2)N3)cc1.Cl. The summed E-state index contributed by atoms with van der Waals surface area (Å²) in [5, 5.41) is 3.60. The number of carbonyl (C=O) groups excluding carboxylic acids is 2. The van der Waals surface area contributed by atoms with E-state index in [1.54, 1.807) is 24.3 Å². The molecule has 0 radical (unpaired) electrons. The van der Waals surface area contributed by atoms with Gasteiger partial charge in [0.25, 0.3) is 5.91 Å². The number of amides is 1. The van der Waals surface area contributed by atoms with Crippen LogP contribution in [-0.2, 0) is 0 Å². The van der Waals surface area contributed by atoms with Gasteiger partial charge in [0.2, 0.25) is 0 Å². The highest BCUT2D eigenvalue weighted by Crippen LogP contribution is 2.29. The summed E-state index contributed by atoms with van der Waals surface area (Å²) in [6, 6.07) is 8.54. The number of hydrogen-bond donors (Lipinski definition) is 1. The quantitative estimate of drug-likeness (QED) is 0.860. The van der Waals surface area contributed by atoms with Crippen LogP contribution in [0.1, 0.15) is 59.7 Å². The monoisotopic (exact) mass is 336 g/mol. The predicted octanol–water partition coefficient (Wildman–Crippen LogP) is 3.06. The Kier molecular flexibility index (Phi) is 5.82. The van der Waals surface area contributed by atoms with E-state index in [0.717, 1.165) is 12.8 Å². The minimum Gasteiger partial charge on any atom is -0.339 e. The molecule has 2 bridgehead atoms. The lowest BCUT2D eigenvalue weighted by Gasteiger charge is -2.35. The summed E-state index contributed by atoms with van der Waals surface area (Å²) >= 11 is 0. The molecule has 5 heteroatoms. The second-order valence-electron chi connectivity index (χ2n) is 6.53. The number of benzene rings is 1. The Hall–Kier alpha value is -1.39. The maximum Gasteiger partial charge on any atom is 0.253 e. The number of rotatable bonds is 4. The Morgan fingerprint density at radius 2 is 1.61 bits per heavy atom. The Morgan fingerprint density at radius 1 is 1.09 bits per heavy atom. The largest absolute Gasteiger partial charge is 0.339 e. The molecule has 2 fully saturated rings. The number of halogens is 1. The van der Waals surface area contributed by atoms with E-state index < -0.39 is 0 Å². The van der Waals surface area contributed by atoms with Gasteiger partial charge in [-0.2, -0.15) is 0 Å². The van der Waals surface area contributed by atoms with Crippen molar-refractivity contribution in [1.29, 1.82) is 0 Å². The number of Topliss-reactive ketones (excluding diaryl/α,β-unsaturated/α-hetero) is 1. The molecule has 0 spiro atoms. The van der Waals surface area contributed by atoms with Crippen LogP contribution < -0.4 is 5.32 Å². The van der Waals surface area contributed by atoms with Gasteiger partial charge in [0.15, 0.2) is 5.78 Å². The van der Waals surface area contributed by atoms with E-state index in [1.165, 1.54) is 12.8 Å². The van der Waals surface area contributed by atoms with Gasteiger partial charge in [-0.1, -0.05) is 19.1 Å². The van der Waals surface area contributed by atoms with Crippen LogP contribution in [0.25, 0.3) is 0 Å². The fraction of sp³-hybridized carbons (Fsp3) is 0.556. The summed E-state index contributed by atoms with van der Waals surface area (Å²) < 4.78 is 0. The molecular formula is C18H25ClN2O2. The molecular weight excluding hydrogens is 312 g/mol. The smallest absolute Gasteiger partial charge is 0.253 e. The highest BCUT2D eigenvalue weighted by atomic mass is 35.5. The summed E-state index contributed by atoms with van der Waals surface area (Å²) in [6.07, 6.45) is 5.05. The van der Waals surface area contributed by atoms with Gasteiger partial charge in [-0.05, 0) is 37.8 Å². The third-order valence-electron chi connectivity index (χ3n) is 5.09. The number of nitrogens with zero attached hydrogens (tertiary/aromatic N) is 1. The van der Waals surface area contributed by atoms with Crippen LogP contribution >= 0.6 is 12.4 Å². The average molecular weight is 337 g/mol. The van der Waals surface area contributed by atoms with Crippen molar-refractivity contribution in [1.82, 2.24) is 10.2 Å². The number of nitrogens with one attached hydrogen (secondary N) is 1. The van der Waals surface area contributed by atoms with Gasteiger partial charge < -0.3 is 10.2 Å². The minimum atomic E-state index is 0. The van der Waals surface area contributed by atoms with Crippen molar-refractivity contribution >= 4 is 24.1 Å². The molecule has 3 rings (SSSR count). The zero-order valence-electron chi connectivity index (χ0n) is 13.7. The lowest BCUT2D eigenvalue weighted by Crippen LogP contribution is -2.48. The molecule has 23 heavy (non-hydrogen) atoms.